The Kier molecular flexibility index (Phi) is 6.83. The zero-order valence-corrected chi connectivity index (χ0v) is 17.3. The number of carbonyl (C=O) groups excluding carboxylic acids is 2. The Hall–Kier alpha value is -2.65. The first-order chi connectivity index (χ1) is 13.5. The first-order valence-corrected chi connectivity index (χ1v) is 9.99. The second-order valence-electron chi connectivity index (χ2n) is 5.78. The van der Waals surface area contributed by atoms with Crippen LogP contribution in [0.4, 0.5) is 5.69 Å². The fraction of sp³-hybridized carbons (Fsp3) is 0.158. The lowest BCUT2D eigenvalue weighted by molar-refractivity contribution is -0.122. The molecule has 1 heterocycles. The number of amidine groups is 1. The van der Waals surface area contributed by atoms with Crippen molar-refractivity contribution in [2.24, 2.45) is 10.2 Å². The van der Waals surface area contributed by atoms with Gasteiger partial charge < -0.3 is 15.4 Å². The van der Waals surface area contributed by atoms with Crippen molar-refractivity contribution in [2.45, 2.75) is 11.7 Å². The quantitative estimate of drug-likeness (QED) is 0.510. The van der Waals surface area contributed by atoms with Crippen molar-refractivity contribution in [3.05, 3.63) is 58.6 Å². The van der Waals surface area contributed by atoms with Crippen LogP contribution in [0, 0.1) is 0 Å². The topological polar surface area (TPSA) is 92.2 Å². The summed E-state index contributed by atoms with van der Waals surface area (Å²) in [5.41, 5.74) is 1.50. The molecule has 2 aromatic rings. The molecular formula is C19H17BrN4O3S. The van der Waals surface area contributed by atoms with Crippen molar-refractivity contribution < 1.29 is 14.3 Å². The molecule has 0 spiro atoms. The molecule has 0 aliphatic carbocycles. The standard InChI is InChI=1S/C19H17BrN4O3S/c1-27-15-4-2-3-14(9-15)22-17(25)10-16-18(26)23-19(28-16)24-21-11-12-5-7-13(20)8-6-12/h2-9,11,16H,10H2,1H3,(H,22,25)(H,23,24,26)/b21-11-/t16-/m0/s1. The summed E-state index contributed by atoms with van der Waals surface area (Å²) in [6, 6.07) is 14.6. The third kappa shape index (κ3) is 5.67. The summed E-state index contributed by atoms with van der Waals surface area (Å²) in [6.45, 7) is 0. The number of amides is 2. The van der Waals surface area contributed by atoms with Gasteiger partial charge in [0.25, 0.3) is 0 Å². The maximum Gasteiger partial charge on any atom is 0.240 e. The predicted octanol–water partition coefficient (Wildman–Crippen LogP) is 3.41. The van der Waals surface area contributed by atoms with E-state index in [-0.39, 0.29) is 18.2 Å². The van der Waals surface area contributed by atoms with Crippen molar-refractivity contribution in [3.63, 3.8) is 0 Å². The highest BCUT2D eigenvalue weighted by Gasteiger charge is 2.32. The molecule has 3 rings (SSSR count). The van der Waals surface area contributed by atoms with Crippen molar-refractivity contribution in [1.82, 2.24) is 5.32 Å². The van der Waals surface area contributed by atoms with E-state index in [1.54, 1.807) is 37.6 Å². The average molecular weight is 461 g/mol. The molecule has 2 amide bonds. The first-order valence-electron chi connectivity index (χ1n) is 8.31. The van der Waals surface area contributed by atoms with Crippen molar-refractivity contribution in [2.75, 3.05) is 12.4 Å². The maximum atomic E-state index is 12.2. The molecule has 9 heteroatoms. The lowest BCUT2D eigenvalue weighted by atomic mass is 10.2. The van der Waals surface area contributed by atoms with E-state index in [1.165, 1.54) is 11.8 Å². The molecule has 1 aliphatic heterocycles. The van der Waals surface area contributed by atoms with Crippen LogP contribution in [0.25, 0.3) is 0 Å². The number of carbonyl (C=O) groups is 2. The van der Waals surface area contributed by atoms with E-state index in [1.807, 2.05) is 24.3 Å². The van der Waals surface area contributed by atoms with Gasteiger partial charge in [-0.3, -0.25) is 9.59 Å². The summed E-state index contributed by atoms with van der Waals surface area (Å²) >= 11 is 4.55. The van der Waals surface area contributed by atoms with Gasteiger partial charge in [-0.2, -0.15) is 5.10 Å². The maximum absolute atomic E-state index is 12.2. The Morgan fingerprint density at radius 3 is 2.86 bits per heavy atom. The number of rotatable bonds is 6. The molecule has 28 heavy (non-hydrogen) atoms. The minimum Gasteiger partial charge on any atom is -0.497 e. The van der Waals surface area contributed by atoms with Crippen LogP contribution in [0.5, 0.6) is 5.75 Å². The lowest BCUT2D eigenvalue weighted by Gasteiger charge is -2.08. The van der Waals surface area contributed by atoms with Gasteiger partial charge in [0, 0.05) is 22.6 Å². The van der Waals surface area contributed by atoms with Crippen LogP contribution in [0.3, 0.4) is 0 Å². The zero-order valence-electron chi connectivity index (χ0n) is 14.9. The second-order valence-corrected chi connectivity index (χ2v) is 7.89. The minimum absolute atomic E-state index is 0.0309. The Labute approximate surface area is 174 Å². The number of hydrogen-bond donors (Lipinski definition) is 2. The molecule has 1 aliphatic rings. The van der Waals surface area contributed by atoms with Gasteiger partial charge in [-0.25, -0.2) is 0 Å². The monoisotopic (exact) mass is 460 g/mol. The number of ether oxygens (including phenoxy) is 1. The van der Waals surface area contributed by atoms with Gasteiger partial charge in [0.05, 0.1) is 13.3 Å². The molecule has 7 nitrogen and oxygen atoms in total. The number of thioether (sulfide) groups is 1. The smallest absolute Gasteiger partial charge is 0.240 e. The molecule has 2 N–H and O–H groups in total. The van der Waals surface area contributed by atoms with Crippen LogP contribution in [0.1, 0.15) is 12.0 Å². The van der Waals surface area contributed by atoms with Crippen LogP contribution >= 0.6 is 27.7 Å². The number of nitrogens with one attached hydrogen (secondary N) is 2. The SMILES string of the molecule is COc1cccc(NC(=O)C[C@@H]2S/C(=N/N=C\c3ccc(Br)cc3)NC2=O)c1. The Balaban J connectivity index is 1.54. The molecule has 1 fully saturated rings. The van der Waals surface area contributed by atoms with E-state index >= 15 is 0 Å². The third-order valence-corrected chi connectivity index (χ3v) is 5.33. The van der Waals surface area contributed by atoms with Gasteiger partial charge in [0.15, 0.2) is 5.17 Å². The molecule has 0 bridgehead atoms. The average Bonchev–Trinajstić information content (AvgIpc) is 3.02. The van der Waals surface area contributed by atoms with Gasteiger partial charge in [0.2, 0.25) is 11.8 Å². The fourth-order valence-corrected chi connectivity index (χ4v) is 3.55. The third-order valence-electron chi connectivity index (χ3n) is 3.73. The second kappa shape index (κ2) is 9.52. The van der Waals surface area contributed by atoms with Crippen molar-refractivity contribution >= 4 is 56.6 Å². The highest BCUT2D eigenvalue weighted by Crippen LogP contribution is 2.24. The predicted molar refractivity (Wildman–Crippen MR) is 115 cm³/mol. The molecule has 144 valence electrons. The molecule has 0 aromatic heterocycles. The van der Waals surface area contributed by atoms with E-state index in [9.17, 15) is 9.59 Å². The van der Waals surface area contributed by atoms with E-state index in [0.717, 1.165) is 10.0 Å². The molecule has 0 radical (unpaired) electrons. The van der Waals surface area contributed by atoms with E-state index in [4.69, 9.17) is 4.74 Å². The number of methoxy groups -OCH3 is 1. The number of hydrogen-bond acceptors (Lipinski definition) is 6. The summed E-state index contributed by atoms with van der Waals surface area (Å²) in [7, 11) is 1.56. The van der Waals surface area contributed by atoms with Gasteiger partial charge >= 0.3 is 0 Å². The van der Waals surface area contributed by atoms with Crippen molar-refractivity contribution in [1.29, 1.82) is 0 Å². The molecule has 2 aromatic carbocycles. The van der Waals surface area contributed by atoms with Crippen LogP contribution < -0.4 is 15.4 Å². The Morgan fingerprint density at radius 1 is 1.32 bits per heavy atom. The summed E-state index contributed by atoms with van der Waals surface area (Å²) < 4.78 is 6.10. The highest BCUT2D eigenvalue weighted by atomic mass is 79.9. The van der Waals surface area contributed by atoms with E-state index in [2.05, 4.69) is 36.8 Å². The highest BCUT2D eigenvalue weighted by molar-refractivity contribution is 9.10. The summed E-state index contributed by atoms with van der Waals surface area (Å²) in [5, 5.41) is 13.2. The Morgan fingerprint density at radius 2 is 2.11 bits per heavy atom. The molecule has 1 saturated heterocycles. The van der Waals surface area contributed by atoms with E-state index in [0.29, 0.717) is 16.6 Å². The summed E-state index contributed by atoms with van der Waals surface area (Å²) in [5.74, 6) is 0.118. The summed E-state index contributed by atoms with van der Waals surface area (Å²) in [4.78, 5) is 24.3. The van der Waals surface area contributed by atoms with Crippen molar-refractivity contribution in [3.8, 4) is 5.75 Å². The van der Waals surface area contributed by atoms with Crippen LogP contribution in [0.2, 0.25) is 0 Å². The molecule has 1 atom stereocenters. The zero-order chi connectivity index (χ0) is 19.9. The number of benzene rings is 2. The molecular weight excluding hydrogens is 444 g/mol. The molecule has 0 unspecified atom stereocenters. The fourth-order valence-electron chi connectivity index (χ4n) is 2.36. The number of anilines is 1. The lowest BCUT2D eigenvalue weighted by Crippen LogP contribution is -2.28. The van der Waals surface area contributed by atoms with Gasteiger partial charge in [0.1, 0.15) is 11.0 Å². The van der Waals surface area contributed by atoms with Gasteiger partial charge in [-0.05, 0) is 29.8 Å². The normalized spacial score (nSPS) is 17.7. The van der Waals surface area contributed by atoms with Gasteiger partial charge in [-0.1, -0.05) is 45.9 Å². The van der Waals surface area contributed by atoms with Crippen LogP contribution in [-0.2, 0) is 9.59 Å². The molecule has 0 saturated carbocycles. The Bertz CT molecular complexity index is 931. The van der Waals surface area contributed by atoms with Crippen LogP contribution in [-0.4, -0.2) is 35.6 Å². The van der Waals surface area contributed by atoms with Crippen LogP contribution in [0.15, 0.2) is 63.2 Å². The minimum atomic E-state index is -0.549. The number of halogens is 1. The first kappa shape index (κ1) is 20.1. The summed E-state index contributed by atoms with van der Waals surface area (Å²) in [6.07, 6.45) is 1.62. The van der Waals surface area contributed by atoms with Gasteiger partial charge in [-0.15, -0.1) is 5.10 Å². The number of nitrogens with zero attached hydrogens (tertiary/aromatic N) is 2. The largest absolute Gasteiger partial charge is 0.497 e. The van der Waals surface area contributed by atoms with E-state index < -0.39 is 5.25 Å².